The third-order valence-electron chi connectivity index (χ3n) is 8.32. The summed E-state index contributed by atoms with van der Waals surface area (Å²) < 4.78 is 5.72. The first kappa shape index (κ1) is 14.1. The Balaban J connectivity index is 1.55. The molecule has 23 heavy (non-hydrogen) atoms. The summed E-state index contributed by atoms with van der Waals surface area (Å²) in [7, 11) is 0. The molecule has 0 amide bonds. The quantitative estimate of drug-likeness (QED) is 0.823. The zero-order chi connectivity index (χ0) is 15.8. The van der Waals surface area contributed by atoms with Crippen molar-refractivity contribution in [1.82, 2.24) is 0 Å². The third kappa shape index (κ3) is 1.69. The second-order valence-corrected chi connectivity index (χ2v) is 9.00. The van der Waals surface area contributed by atoms with Crippen LogP contribution in [0.3, 0.4) is 0 Å². The van der Waals surface area contributed by atoms with Gasteiger partial charge in [-0.25, -0.2) is 0 Å². The van der Waals surface area contributed by atoms with Crippen LogP contribution in [0.25, 0.3) is 0 Å². The van der Waals surface area contributed by atoms with Crippen molar-refractivity contribution in [2.45, 2.75) is 64.2 Å². The van der Waals surface area contributed by atoms with Gasteiger partial charge in [0.2, 0.25) is 0 Å². The van der Waals surface area contributed by atoms with Crippen LogP contribution >= 0.6 is 0 Å². The Morgan fingerprint density at radius 1 is 1.26 bits per heavy atom. The maximum atomic E-state index is 11.7. The van der Waals surface area contributed by atoms with Crippen LogP contribution in [-0.2, 0) is 11.2 Å². The molecule has 1 unspecified atom stereocenters. The monoisotopic (exact) mass is 314 g/mol. The summed E-state index contributed by atoms with van der Waals surface area (Å²) in [6, 6.07) is 2.20. The van der Waals surface area contributed by atoms with Crippen LogP contribution in [0.15, 0.2) is 16.7 Å². The van der Waals surface area contributed by atoms with E-state index in [0.717, 1.165) is 19.3 Å². The lowest BCUT2D eigenvalue weighted by Crippen LogP contribution is -2.50. The van der Waals surface area contributed by atoms with Crippen LogP contribution in [0.1, 0.15) is 69.1 Å². The molecule has 1 aromatic heterocycles. The number of carbonyl (C=O) groups is 1. The number of furan rings is 1. The van der Waals surface area contributed by atoms with Crippen molar-refractivity contribution in [3.05, 3.63) is 23.7 Å². The number of hydrogen-bond acceptors (Lipinski definition) is 2. The number of fused-ring (bicyclic) bond motifs is 5. The molecule has 3 fully saturated rings. The Bertz CT molecular complexity index is 662. The number of carboxylic acid groups (broad SMARTS) is 1. The second kappa shape index (κ2) is 4.43. The molecule has 124 valence electrons. The van der Waals surface area contributed by atoms with E-state index in [4.69, 9.17) is 4.42 Å². The average molecular weight is 314 g/mol. The fourth-order valence-electron chi connectivity index (χ4n) is 7.43. The molecule has 0 radical (unpaired) electrons. The lowest BCUT2D eigenvalue weighted by molar-refractivity contribution is -0.143. The van der Waals surface area contributed by atoms with Gasteiger partial charge in [0.05, 0.1) is 12.2 Å². The van der Waals surface area contributed by atoms with Gasteiger partial charge in [0.15, 0.2) is 0 Å². The number of aryl methyl sites for hydroxylation is 1. The van der Waals surface area contributed by atoms with Gasteiger partial charge in [-0.2, -0.15) is 0 Å². The second-order valence-electron chi connectivity index (χ2n) is 9.00. The standard InChI is InChI=1S/C20H26O3/c1-19-7-5-16-13(6-9-23-16)15(19)4-8-20-10-12(2-3-17(19)20)14(11-20)18(21)22/h6,9,12,14-15,17H,2-5,7-8,10-11H2,1H3,(H,21,22)/t12-,14+,15?,17+,19-,20+/m1/s1. The first-order chi connectivity index (χ1) is 11.0. The summed E-state index contributed by atoms with van der Waals surface area (Å²) in [5.41, 5.74) is 2.12. The van der Waals surface area contributed by atoms with Gasteiger partial charge in [-0.05, 0) is 85.2 Å². The van der Waals surface area contributed by atoms with E-state index in [2.05, 4.69) is 13.0 Å². The van der Waals surface area contributed by atoms with E-state index in [9.17, 15) is 9.90 Å². The molecule has 1 spiro atoms. The smallest absolute Gasteiger partial charge is 0.306 e. The van der Waals surface area contributed by atoms with Gasteiger partial charge in [0, 0.05) is 6.42 Å². The molecule has 4 aliphatic rings. The molecule has 5 rings (SSSR count). The molecule has 0 aliphatic heterocycles. The minimum Gasteiger partial charge on any atom is -0.481 e. The summed E-state index contributed by atoms with van der Waals surface area (Å²) in [5, 5.41) is 9.63. The van der Waals surface area contributed by atoms with Gasteiger partial charge in [0.25, 0.3) is 0 Å². The molecule has 6 atom stereocenters. The van der Waals surface area contributed by atoms with Gasteiger partial charge in [0.1, 0.15) is 5.76 Å². The molecule has 0 aromatic carbocycles. The van der Waals surface area contributed by atoms with E-state index >= 15 is 0 Å². The number of hydrogen-bond donors (Lipinski definition) is 1. The third-order valence-corrected chi connectivity index (χ3v) is 8.32. The maximum Gasteiger partial charge on any atom is 0.306 e. The average Bonchev–Trinajstić information content (AvgIpc) is 3.09. The van der Waals surface area contributed by atoms with E-state index < -0.39 is 5.97 Å². The molecule has 3 nitrogen and oxygen atoms in total. The molecule has 2 bridgehead atoms. The summed E-state index contributed by atoms with van der Waals surface area (Å²) in [5.74, 6) is 2.37. The van der Waals surface area contributed by atoms with Crippen molar-refractivity contribution in [3.63, 3.8) is 0 Å². The summed E-state index contributed by atoms with van der Waals surface area (Å²) in [4.78, 5) is 11.7. The summed E-state index contributed by atoms with van der Waals surface area (Å²) in [6.45, 7) is 2.51. The SMILES string of the molecule is C[C@@]12CCc3occc3C1CC[C@@]13C[C@@H](CC[C@H]12)[C@@H](C(=O)O)C3. The zero-order valence-corrected chi connectivity index (χ0v) is 13.9. The van der Waals surface area contributed by atoms with Crippen molar-refractivity contribution in [3.8, 4) is 0 Å². The maximum absolute atomic E-state index is 11.7. The number of carboxylic acids is 1. The zero-order valence-electron chi connectivity index (χ0n) is 13.9. The Morgan fingerprint density at radius 2 is 2.13 bits per heavy atom. The van der Waals surface area contributed by atoms with Crippen LogP contribution in [0.2, 0.25) is 0 Å². The fraction of sp³-hybridized carbons (Fsp3) is 0.750. The van der Waals surface area contributed by atoms with E-state index in [1.54, 1.807) is 0 Å². The Morgan fingerprint density at radius 3 is 2.96 bits per heavy atom. The molecule has 1 aromatic rings. The lowest BCUT2D eigenvalue weighted by atomic mass is 9.45. The normalized spacial score (nSPS) is 47.5. The highest BCUT2D eigenvalue weighted by Crippen LogP contribution is 2.71. The molecule has 1 heterocycles. The van der Waals surface area contributed by atoms with Crippen molar-refractivity contribution in [1.29, 1.82) is 0 Å². The van der Waals surface area contributed by atoms with E-state index in [1.807, 2.05) is 6.26 Å². The molecule has 0 saturated heterocycles. The van der Waals surface area contributed by atoms with E-state index in [1.165, 1.54) is 43.4 Å². The fourth-order valence-corrected chi connectivity index (χ4v) is 7.43. The van der Waals surface area contributed by atoms with Crippen molar-refractivity contribution in [2.75, 3.05) is 0 Å². The number of aliphatic carboxylic acids is 1. The summed E-state index contributed by atoms with van der Waals surface area (Å²) in [6.07, 6.45) is 11.1. The minimum absolute atomic E-state index is 0.0757. The molecular weight excluding hydrogens is 288 g/mol. The Kier molecular flexibility index (Phi) is 2.72. The highest BCUT2D eigenvalue weighted by Gasteiger charge is 2.63. The molecule has 3 saturated carbocycles. The van der Waals surface area contributed by atoms with Gasteiger partial charge in [-0.15, -0.1) is 0 Å². The molecule has 3 heteroatoms. The minimum atomic E-state index is -0.541. The van der Waals surface area contributed by atoms with E-state index in [-0.39, 0.29) is 5.92 Å². The van der Waals surface area contributed by atoms with Crippen LogP contribution in [-0.4, -0.2) is 11.1 Å². The van der Waals surface area contributed by atoms with Crippen LogP contribution < -0.4 is 0 Å². The van der Waals surface area contributed by atoms with Crippen molar-refractivity contribution in [2.24, 2.45) is 28.6 Å². The van der Waals surface area contributed by atoms with Gasteiger partial charge in [-0.1, -0.05) is 6.92 Å². The van der Waals surface area contributed by atoms with E-state index in [0.29, 0.717) is 28.6 Å². The summed E-state index contributed by atoms with van der Waals surface area (Å²) >= 11 is 0. The van der Waals surface area contributed by atoms with Gasteiger partial charge in [-0.3, -0.25) is 4.79 Å². The van der Waals surface area contributed by atoms with Crippen LogP contribution in [0, 0.1) is 28.6 Å². The predicted molar refractivity (Wildman–Crippen MR) is 86.1 cm³/mol. The number of rotatable bonds is 1. The van der Waals surface area contributed by atoms with Gasteiger partial charge < -0.3 is 9.52 Å². The van der Waals surface area contributed by atoms with Gasteiger partial charge >= 0.3 is 5.97 Å². The molecule has 1 N–H and O–H groups in total. The predicted octanol–water partition coefficient (Wildman–Crippen LogP) is 4.62. The molecule has 4 aliphatic carbocycles. The highest BCUT2D eigenvalue weighted by atomic mass is 16.4. The molecular formula is C20H26O3. The topological polar surface area (TPSA) is 50.4 Å². The largest absolute Gasteiger partial charge is 0.481 e. The van der Waals surface area contributed by atoms with Crippen LogP contribution in [0.4, 0.5) is 0 Å². The Hall–Kier alpha value is -1.25. The lowest BCUT2D eigenvalue weighted by Gasteiger charge is -2.59. The van der Waals surface area contributed by atoms with Crippen molar-refractivity contribution >= 4 is 5.97 Å². The first-order valence-electron chi connectivity index (χ1n) is 9.33. The van der Waals surface area contributed by atoms with Crippen LogP contribution in [0.5, 0.6) is 0 Å². The van der Waals surface area contributed by atoms with Crippen molar-refractivity contribution < 1.29 is 14.3 Å². The first-order valence-corrected chi connectivity index (χ1v) is 9.33. The Labute approximate surface area is 137 Å². The highest BCUT2D eigenvalue weighted by molar-refractivity contribution is 5.71.